The monoisotopic (exact) mass is 301 g/mol. The number of benzene rings is 2. The van der Waals surface area contributed by atoms with Crippen LogP contribution in [0.15, 0.2) is 42.5 Å². The highest BCUT2D eigenvalue weighted by Crippen LogP contribution is 2.22. The normalized spacial score (nSPS) is 10.0. The van der Waals surface area contributed by atoms with Crippen LogP contribution in [-0.4, -0.2) is 15.8 Å². The number of nitrogens with one attached hydrogen (secondary N) is 1. The molecular formula is C14H11N3O5. The molecule has 0 spiro atoms. The fourth-order valence-corrected chi connectivity index (χ4v) is 1.86. The highest BCUT2D eigenvalue weighted by atomic mass is 16.6. The van der Waals surface area contributed by atoms with E-state index in [2.05, 4.69) is 5.32 Å². The van der Waals surface area contributed by atoms with Gasteiger partial charge in [0.05, 0.1) is 9.85 Å². The number of nitro groups is 2. The molecule has 0 atom stereocenters. The summed E-state index contributed by atoms with van der Waals surface area (Å²) in [4.78, 5) is 32.3. The molecular weight excluding hydrogens is 290 g/mol. The molecule has 0 bridgehead atoms. The summed E-state index contributed by atoms with van der Waals surface area (Å²) < 4.78 is 0. The number of nitro benzene ring substituents is 2. The van der Waals surface area contributed by atoms with Crippen molar-refractivity contribution in [3.63, 3.8) is 0 Å². The summed E-state index contributed by atoms with van der Waals surface area (Å²) in [7, 11) is 0. The Bertz CT molecular complexity index is 773. The molecule has 0 saturated carbocycles. The predicted octanol–water partition coefficient (Wildman–Crippen LogP) is 3.06. The first-order valence-electron chi connectivity index (χ1n) is 6.19. The van der Waals surface area contributed by atoms with Crippen LogP contribution in [0.25, 0.3) is 0 Å². The van der Waals surface area contributed by atoms with E-state index in [4.69, 9.17) is 0 Å². The lowest BCUT2D eigenvalue weighted by Crippen LogP contribution is -2.13. The number of carbonyl (C=O) groups excluding carboxylic acids is 1. The number of hydrogen-bond donors (Lipinski definition) is 1. The van der Waals surface area contributed by atoms with Gasteiger partial charge in [0.15, 0.2) is 0 Å². The zero-order valence-corrected chi connectivity index (χ0v) is 11.5. The minimum absolute atomic E-state index is 0.0779. The van der Waals surface area contributed by atoms with E-state index in [0.29, 0.717) is 11.3 Å². The van der Waals surface area contributed by atoms with Gasteiger partial charge in [-0.15, -0.1) is 0 Å². The topological polar surface area (TPSA) is 115 Å². The van der Waals surface area contributed by atoms with E-state index in [0.717, 1.165) is 6.07 Å². The molecule has 2 aromatic rings. The second-order valence-corrected chi connectivity index (χ2v) is 4.52. The van der Waals surface area contributed by atoms with Gasteiger partial charge in [0, 0.05) is 35.5 Å². The van der Waals surface area contributed by atoms with E-state index < -0.39 is 15.8 Å². The molecule has 0 radical (unpaired) electrons. The van der Waals surface area contributed by atoms with Gasteiger partial charge >= 0.3 is 0 Å². The molecule has 0 heterocycles. The van der Waals surface area contributed by atoms with Gasteiger partial charge in [-0.1, -0.05) is 6.07 Å². The summed E-state index contributed by atoms with van der Waals surface area (Å²) in [5, 5.41) is 23.9. The van der Waals surface area contributed by atoms with Crippen LogP contribution in [-0.2, 0) is 0 Å². The van der Waals surface area contributed by atoms with Gasteiger partial charge < -0.3 is 5.32 Å². The standard InChI is InChI=1S/C14H11N3O5/c1-9-7-12(17(21)22)5-6-13(9)15-14(18)10-3-2-4-11(8-10)16(19)20/h2-8H,1H3,(H,15,18). The summed E-state index contributed by atoms with van der Waals surface area (Å²) in [6, 6.07) is 9.34. The van der Waals surface area contributed by atoms with Crippen molar-refractivity contribution in [2.24, 2.45) is 0 Å². The van der Waals surface area contributed by atoms with Crippen LogP contribution in [0.3, 0.4) is 0 Å². The Hall–Kier alpha value is -3.29. The molecule has 112 valence electrons. The van der Waals surface area contributed by atoms with Crippen LogP contribution >= 0.6 is 0 Å². The molecule has 0 aliphatic rings. The fourth-order valence-electron chi connectivity index (χ4n) is 1.86. The number of non-ortho nitro benzene ring substituents is 2. The number of aryl methyl sites for hydroxylation is 1. The maximum absolute atomic E-state index is 12.1. The lowest BCUT2D eigenvalue weighted by Gasteiger charge is -2.08. The van der Waals surface area contributed by atoms with Crippen molar-refractivity contribution < 1.29 is 14.6 Å². The molecule has 0 aliphatic heterocycles. The fraction of sp³-hybridized carbons (Fsp3) is 0.0714. The second kappa shape index (κ2) is 6.00. The minimum Gasteiger partial charge on any atom is -0.322 e. The first-order valence-corrected chi connectivity index (χ1v) is 6.19. The summed E-state index contributed by atoms with van der Waals surface area (Å²) in [5.74, 6) is -0.527. The third-order valence-electron chi connectivity index (χ3n) is 2.99. The van der Waals surface area contributed by atoms with Crippen molar-refractivity contribution in [2.75, 3.05) is 5.32 Å². The van der Waals surface area contributed by atoms with Crippen molar-refractivity contribution in [1.82, 2.24) is 0 Å². The number of carbonyl (C=O) groups is 1. The Labute approximate surface area is 124 Å². The van der Waals surface area contributed by atoms with Gasteiger partial charge in [-0.25, -0.2) is 0 Å². The van der Waals surface area contributed by atoms with Crippen molar-refractivity contribution in [2.45, 2.75) is 6.92 Å². The van der Waals surface area contributed by atoms with Crippen LogP contribution in [0.1, 0.15) is 15.9 Å². The summed E-state index contributed by atoms with van der Waals surface area (Å²) in [6.45, 7) is 1.62. The molecule has 22 heavy (non-hydrogen) atoms. The third-order valence-corrected chi connectivity index (χ3v) is 2.99. The van der Waals surface area contributed by atoms with Gasteiger partial charge in [-0.2, -0.15) is 0 Å². The van der Waals surface area contributed by atoms with E-state index in [1.165, 1.54) is 36.4 Å². The summed E-state index contributed by atoms with van der Waals surface area (Å²) in [5.41, 5.74) is 0.793. The zero-order chi connectivity index (χ0) is 16.3. The van der Waals surface area contributed by atoms with E-state index in [9.17, 15) is 25.0 Å². The van der Waals surface area contributed by atoms with Crippen LogP contribution < -0.4 is 5.32 Å². The maximum atomic E-state index is 12.1. The number of hydrogen-bond acceptors (Lipinski definition) is 5. The van der Waals surface area contributed by atoms with Gasteiger partial charge in [0.1, 0.15) is 0 Å². The van der Waals surface area contributed by atoms with E-state index in [1.54, 1.807) is 6.92 Å². The first-order chi connectivity index (χ1) is 10.4. The Balaban J connectivity index is 2.24. The first kappa shape index (κ1) is 15.1. The van der Waals surface area contributed by atoms with Crippen molar-refractivity contribution in [3.05, 3.63) is 73.8 Å². The van der Waals surface area contributed by atoms with Crippen LogP contribution in [0, 0.1) is 27.2 Å². The highest BCUT2D eigenvalue weighted by molar-refractivity contribution is 6.05. The highest BCUT2D eigenvalue weighted by Gasteiger charge is 2.14. The molecule has 0 fully saturated rings. The Morgan fingerprint density at radius 1 is 1.00 bits per heavy atom. The Morgan fingerprint density at radius 2 is 1.64 bits per heavy atom. The largest absolute Gasteiger partial charge is 0.322 e. The summed E-state index contributed by atoms with van der Waals surface area (Å²) in [6.07, 6.45) is 0. The number of rotatable bonds is 4. The molecule has 0 aliphatic carbocycles. The average Bonchev–Trinajstić information content (AvgIpc) is 2.49. The lowest BCUT2D eigenvalue weighted by atomic mass is 10.1. The molecule has 8 nitrogen and oxygen atoms in total. The molecule has 8 heteroatoms. The van der Waals surface area contributed by atoms with E-state index in [1.807, 2.05) is 0 Å². The van der Waals surface area contributed by atoms with E-state index in [-0.39, 0.29) is 16.9 Å². The van der Waals surface area contributed by atoms with Gasteiger partial charge in [0.25, 0.3) is 17.3 Å². The summed E-state index contributed by atoms with van der Waals surface area (Å²) >= 11 is 0. The van der Waals surface area contributed by atoms with Crippen molar-refractivity contribution in [1.29, 1.82) is 0 Å². The molecule has 1 amide bonds. The minimum atomic E-state index is -0.589. The molecule has 0 unspecified atom stereocenters. The van der Waals surface area contributed by atoms with Gasteiger partial charge in [-0.05, 0) is 24.6 Å². The van der Waals surface area contributed by atoms with Crippen molar-refractivity contribution in [3.8, 4) is 0 Å². The SMILES string of the molecule is Cc1cc([N+](=O)[O-])ccc1NC(=O)c1cccc([N+](=O)[O-])c1. The molecule has 2 aromatic carbocycles. The number of anilines is 1. The zero-order valence-electron chi connectivity index (χ0n) is 11.5. The quantitative estimate of drug-likeness (QED) is 0.688. The molecule has 0 aromatic heterocycles. The third kappa shape index (κ3) is 3.23. The van der Waals surface area contributed by atoms with Gasteiger partial charge in [0.2, 0.25) is 0 Å². The lowest BCUT2D eigenvalue weighted by molar-refractivity contribution is -0.385. The van der Waals surface area contributed by atoms with E-state index >= 15 is 0 Å². The average molecular weight is 301 g/mol. The van der Waals surface area contributed by atoms with Crippen LogP contribution in [0.4, 0.5) is 17.1 Å². The second-order valence-electron chi connectivity index (χ2n) is 4.52. The Morgan fingerprint density at radius 3 is 2.23 bits per heavy atom. The smallest absolute Gasteiger partial charge is 0.270 e. The molecule has 1 N–H and O–H groups in total. The van der Waals surface area contributed by atoms with Gasteiger partial charge in [-0.3, -0.25) is 25.0 Å². The van der Waals surface area contributed by atoms with Crippen molar-refractivity contribution >= 4 is 23.0 Å². The van der Waals surface area contributed by atoms with Crippen LogP contribution in [0.2, 0.25) is 0 Å². The predicted molar refractivity (Wildman–Crippen MR) is 78.9 cm³/mol. The van der Waals surface area contributed by atoms with Crippen LogP contribution in [0.5, 0.6) is 0 Å². The molecule has 2 rings (SSSR count). The number of nitrogens with zero attached hydrogens (tertiary/aromatic N) is 2. The Kier molecular flexibility index (Phi) is 4.12. The maximum Gasteiger partial charge on any atom is 0.270 e. The molecule has 0 saturated heterocycles. The number of amides is 1.